The lowest BCUT2D eigenvalue weighted by Gasteiger charge is -2.45. The minimum absolute atomic E-state index is 0.0116. The van der Waals surface area contributed by atoms with Crippen molar-refractivity contribution in [2.24, 2.45) is 0 Å². The van der Waals surface area contributed by atoms with Crippen molar-refractivity contribution >= 4 is 5.91 Å². The van der Waals surface area contributed by atoms with Crippen LogP contribution in [0.3, 0.4) is 0 Å². The summed E-state index contributed by atoms with van der Waals surface area (Å²) < 4.78 is 5.79. The van der Waals surface area contributed by atoms with Gasteiger partial charge in [-0.25, -0.2) is 0 Å². The van der Waals surface area contributed by atoms with Gasteiger partial charge in [-0.2, -0.15) is 0 Å². The molecule has 1 aromatic carbocycles. The van der Waals surface area contributed by atoms with Crippen LogP contribution in [0.5, 0.6) is 0 Å². The molecule has 22 heavy (non-hydrogen) atoms. The highest BCUT2D eigenvalue weighted by molar-refractivity contribution is 5.94. The molecular formula is C18H28N2O2. The molecule has 1 saturated heterocycles. The van der Waals surface area contributed by atoms with Gasteiger partial charge >= 0.3 is 0 Å². The molecule has 1 amide bonds. The predicted octanol–water partition coefficient (Wildman–Crippen LogP) is 2.61. The molecule has 0 aliphatic carbocycles. The van der Waals surface area contributed by atoms with Gasteiger partial charge in [0.05, 0.1) is 12.2 Å². The fourth-order valence-corrected chi connectivity index (χ4v) is 2.89. The molecule has 1 heterocycles. The Bertz CT molecular complexity index is 500. The molecule has 4 nitrogen and oxygen atoms in total. The normalized spacial score (nSPS) is 23.3. The van der Waals surface area contributed by atoms with Crippen molar-refractivity contribution in [3.05, 3.63) is 35.4 Å². The number of aryl methyl sites for hydroxylation is 1. The number of carbonyl (C=O) groups excluding carboxylic acids is 1. The number of hydrogen-bond acceptors (Lipinski definition) is 3. The maximum Gasteiger partial charge on any atom is 0.251 e. The number of nitrogens with zero attached hydrogens (tertiary/aromatic N) is 1. The fourth-order valence-electron chi connectivity index (χ4n) is 2.89. The van der Waals surface area contributed by atoms with Crippen molar-refractivity contribution in [2.45, 2.75) is 52.4 Å². The number of amides is 1. The summed E-state index contributed by atoms with van der Waals surface area (Å²) in [4.78, 5) is 14.7. The Hall–Kier alpha value is -1.39. The minimum atomic E-state index is -0.0906. The molecule has 0 bridgehead atoms. The third-order valence-electron chi connectivity index (χ3n) is 4.27. The van der Waals surface area contributed by atoms with E-state index in [1.165, 1.54) is 0 Å². The van der Waals surface area contributed by atoms with Crippen LogP contribution in [0.4, 0.5) is 0 Å². The van der Waals surface area contributed by atoms with Crippen LogP contribution in [-0.2, 0) is 4.74 Å². The molecule has 1 aliphatic rings. The molecule has 0 radical (unpaired) electrons. The molecular weight excluding hydrogens is 276 g/mol. The molecule has 2 atom stereocenters. The number of nitrogens with one attached hydrogen (secondary N) is 1. The van der Waals surface area contributed by atoms with Crippen molar-refractivity contribution in [1.82, 2.24) is 10.2 Å². The van der Waals surface area contributed by atoms with Crippen molar-refractivity contribution in [3.63, 3.8) is 0 Å². The Morgan fingerprint density at radius 3 is 2.32 bits per heavy atom. The second kappa shape index (κ2) is 6.80. The highest BCUT2D eigenvalue weighted by atomic mass is 16.5. The summed E-state index contributed by atoms with van der Waals surface area (Å²) in [5.74, 6) is -0.0116. The Labute approximate surface area is 133 Å². The second-order valence-corrected chi connectivity index (χ2v) is 7.02. The molecule has 1 aromatic rings. The van der Waals surface area contributed by atoms with Crippen LogP contribution in [0.2, 0.25) is 0 Å². The summed E-state index contributed by atoms with van der Waals surface area (Å²) >= 11 is 0. The van der Waals surface area contributed by atoms with E-state index in [9.17, 15) is 4.79 Å². The second-order valence-electron chi connectivity index (χ2n) is 7.02. The van der Waals surface area contributed by atoms with Crippen molar-refractivity contribution in [1.29, 1.82) is 0 Å². The van der Waals surface area contributed by atoms with Crippen molar-refractivity contribution in [2.75, 3.05) is 19.6 Å². The summed E-state index contributed by atoms with van der Waals surface area (Å²) in [6, 6.07) is 7.67. The van der Waals surface area contributed by atoms with E-state index in [0.717, 1.165) is 18.7 Å². The van der Waals surface area contributed by atoms with Gasteiger partial charge in [0.25, 0.3) is 5.91 Å². The predicted molar refractivity (Wildman–Crippen MR) is 89.2 cm³/mol. The van der Waals surface area contributed by atoms with Crippen molar-refractivity contribution in [3.8, 4) is 0 Å². The molecule has 0 spiro atoms. The third kappa shape index (κ3) is 4.31. The zero-order valence-corrected chi connectivity index (χ0v) is 14.3. The summed E-state index contributed by atoms with van der Waals surface area (Å²) in [5.41, 5.74) is 1.78. The maximum absolute atomic E-state index is 12.3. The summed E-state index contributed by atoms with van der Waals surface area (Å²) in [6.07, 6.45) is 0.464. The average molecular weight is 304 g/mol. The first-order valence-corrected chi connectivity index (χ1v) is 8.03. The van der Waals surface area contributed by atoms with Gasteiger partial charge in [-0.15, -0.1) is 0 Å². The lowest BCUT2D eigenvalue weighted by atomic mass is 10.00. The van der Waals surface area contributed by atoms with E-state index in [1.54, 1.807) is 0 Å². The third-order valence-corrected chi connectivity index (χ3v) is 4.27. The summed E-state index contributed by atoms with van der Waals surface area (Å²) in [6.45, 7) is 13.0. The van der Waals surface area contributed by atoms with Crippen LogP contribution in [0.15, 0.2) is 24.3 Å². The molecule has 1 N–H and O–H groups in total. The molecule has 0 aromatic heterocycles. The van der Waals surface area contributed by atoms with E-state index in [2.05, 4.69) is 37.9 Å². The number of benzene rings is 1. The number of hydrogen-bond donors (Lipinski definition) is 1. The molecule has 1 fully saturated rings. The fraction of sp³-hybridized carbons (Fsp3) is 0.611. The van der Waals surface area contributed by atoms with Gasteiger partial charge in [0.2, 0.25) is 0 Å². The molecule has 2 rings (SSSR count). The van der Waals surface area contributed by atoms with Crippen LogP contribution in [-0.4, -0.2) is 48.2 Å². The molecule has 122 valence electrons. The van der Waals surface area contributed by atoms with Crippen LogP contribution in [0.25, 0.3) is 0 Å². The summed E-state index contributed by atoms with van der Waals surface area (Å²) in [7, 11) is 0. The van der Waals surface area contributed by atoms with Gasteiger partial charge in [-0.05, 0) is 46.8 Å². The minimum Gasteiger partial charge on any atom is -0.373 e. The zero-order chi connectivity index (χ0) is 16.3. The van der Waals surface area contributed by atoms with Gasteiger partial charge in [-0.1, -0.05) is 17.7 Å². The number of rotatable bonds is 4. The van der Waals surface area contributed by atoms with E-state index < -0.39 is 0 Å². The molecule has 0 unspecified atom stereocenters. The first-order chi connectivity index (χ1) is 10.3. The highest BCUT2D eigenvalue weighted by Crippen LogP contribution is 2.20. The van der Waals surface area contributed by atoms with Gasteiger partial charge in [-0.3, -0.25) is 9.69 Å². The topological polar surface area (TPSA) is 41.6 Å². The Balaban J connectivity index is 1.94. The number of ether oxygens (including phenoxy) is 1. The zero-order valence-electron chi connectivity index (χ0n) is 14.3. The maximum atomic E-state index is 12.3. The molecule has 4 heteroatoms. The Morgan fingerprint density at radius 1 is 1.23 bits per heavy atom. The lowest BCUT2D eigenvalue weighted by molar-refractivity contribution is -0.0948. The van der Waals surface area contributed by atoms with E-state index in [-0.39, 0.29) is 23.7 Å². The van der Waals surface area contributed by atoms with Gasteiger partial charge < -0.3 is 10.1 Å². The average Bonchev–Trinajstić information content (AvgIpc) is 2.44. The molecule has 0 saturated carbocycles. The van der Waals surface area contributed by atoms with E-state index in [4.69, 9.17) is 4.74 Å². The largest absolute Gasteiger partial charge is 0.373 e. The van der Waals surface area contributed by atoms with Crippen LogP contribution < -0.4 is 5.32 Å². The van der Waals surface area contributed by atoms with Crippen molar-refractivity contribution < 1.29 is 9.53 Å². The van der Waals surface area contributed by atoms with Gasteiger partial charge in [0.15, 0.2) is 0 Å². The SMILES string of the molecule is Cc1ccc(C(=O)NCC(C)(C)N2C[C@@H](C)O[C@H](C)C2)cc1. The first kappa shape index (κ1) is 17.0. The van der Waals surface area contributed by atoms with E-state index >= 15 is 0 Å². The van der Waals surface area contributed by atoms with Crippen LogP contribution in [0, 0.1) is 6.92 Å². The Kier molecular flexibility index (Phi) is 5.24. The monoisotopic (exact) mass is 304 g/mol. The van der Waals surface area contributed by atoms with E-state index in [0.29, 0.717) is 12.1 Å². The first-order valence-electron chi connectivity index (χ1n) is 8.03. The quantitative estimate of drug-likeness (QED) is 0.929. The van der Waals surface area contributed by atoms with Crippen LogP contribution in [0.1, 0.15) is 43.6 Å². The number of carbonyl (C=O) groups is 1. The van der Waals surface area contributed by atoms with E-state index in [1.807, 2.05) is 31.2 Å². The lowest BCUT2D eigenvalue weighted by Crippen LogP contribution is -2.58. The standard InChI is InChI=1S/C18H28N2O2/c1-13-6-8-16(9-7-13)17(21)19-12-18(4,5)20-10-14(2)22-15(3)11-20/h6-9,14-15H,10-12H2,1-5H3,(H,19,21)/t14-,15-/m1/s1. The molecule has 1 aliphatic heterocycles. The summed E-state index contributed by atoms with van der Waals surface area (Å²) in [5, 5.41) is 3.06. The smallest absolute Gasteiger partial charge is 0.251 e. The Morgan fingerprint density at radius 2 is 1.77 bits per heavy atom. The number of morpholine rings is 1. The van der Waals surface area contributed by atoms with Crippen LogP contribution >= 0.6 is 0 Å². The highest BCUT2D eigenvalue weighted by Gasteiger charge is 2.33. The van der Waals surface area contributed by atoms with Gasteiger partial charge in [0.1, 0.15) is 0 Å². The van der Waals surface area contributed by atoms with Gasteiger partial charge in [0, 0.05) is 30.7 Å².